The molecule has 0 bridgehead atoms. The minimum atomic E-state index is -3.61. The predicted octanol–water partition coefficient (Wildman–Crippen LogP) is -1.61. The van der Waals surface area contributed by atoms with Crippen LogP contribution in [0.25, 0.3) is 0 Å². The van der Waals surface area contributed by atoms with Gasteiger partial charge in [0.15, 0.2) is 0 Å². The second-order valence-corrected chi connectivity index (χ2v) is 1.55. The topological polar surface area (TPSA) is 57.5 Å². The van der Waals surface area contributed by atoms with Crippen molar-refractivity contribution in [1.29, 1.82) is 0 Å². The fraction of sp³-hybridized carbons (Fsp3) is 0. The zero-order valence-corrected chi connectivity index (χ0v) is 6.18. The maximum Gasteiger partial charge on any atom is 0 e. The smallest absolute Gasteiger partial charge is 0 e. The molecule has 0 aromatic carbocycles. The molecular formula is H2ErO3Te. The molecule has 3 nitrogen and oxygen atoms in total. The Balaban J connectivity index is 0. The van der Waals surface area contributed by atoms with Crippen molar-refractivity contribution in [2.24, 2.45) is 0 Å². The van der Waals surface area contributed by atoms with E-state index in [9.17, 15) is 0 Å². The molecule has 0 saturated carbocycles. The SMILES string of the molecule is O=[Te](O)O.[Er]. The van der Waals surface area contributed by atoms with E-state index in [0.29, 0.717) is 0 Å². The Morgan fingerprint density at radius 1 is 1.40 bits per heavy atom. The van der Waals surface area contributed by atoms with Gasteiger partial charge in [-0.1, -0.05) is 0 Å². The van der Waals surface area contributed by atoms with Crippen LogP contribution in [0.15, 0.2) is 0 Å². The summed E-state index contributed by atoms with van der Waals surface area (Å²) in [6.45, 7) is 0. The van der Waals surface area contributed by atoms with E-state index in [1.807, 2.05) is 0 Å². The molecule has 0 aromatic rings. The maximum atomic E-state index is 8.81. The first kappa shape index (κ1) is 9.90. The van der Waals surface area contributed by atoms with Crippen molar-refractivity contribution in [3.05, 3.63) is 0 Å². The molecule has 2 N–H and O–H groups in total. The second-order valence-electron chi connectivity index (χ2n) is 0.231. The van der Waals surface area contributed by atoms with Crippen LogP contribution < -0.4 is 0 Å². The van der Waals surface area contributed by atoms with E-state index in [2.05, 4.69) is 0 Å². The van der Waals surface area contributed by atoms with Crippen LogP contribution in [0.4, 0.5) is 0 Å². The molecule has 0 radical (unpaired) electrons. The van der Waals surface area contributed by atoms with E-state index >= 15 is 0 Å². The third-order valence-corrected chi connectivity index (χ3v) is 0. The van der Waals surface area contributed by atoms with Crippen molar-refractivity contribution in [2.45, 2.75) is 0 Å². The monoisotopic (exact) mass is 346 g/mol. The molecule has 0 aromatic heterocycles. The molecule has 0 heterocycles. The van der Waals surface area contributed by atoms with E-state index in [1.54, 1.807) is 0 Å². The molecule has 0 saturated heterocycles. The molecule has 5 heavy (non-hydrogen) atoms. The van der Waals surface area contributed by atoms with Crippen LogP contribution >= 0.6 is 0 Å². The summed E-state index contributed by atoms with van der Waals surface area (Å²) in [5.41, 5.74) is 0. The normalized spacial score (nSPS) is 7.00. The quantitative estimate of drug-likeness (QED) is 0.520. The minimum absolute atomic E-state index is 0. The van der Waals surface area contributed by atoms with Crippen molar-refractivity contribution in [1.82, 2.24) is 0 Å². The Morgan fingerprint density at radius 2 is 1.40 bits per heavy atom. The van der Waals surface area contributed by atoms with Crippen LogP contribution in [-0.4, -0.2) is 27.3 Å². The summed E-state index contributed by atoms with van der Waals surface area (Å²) in [4.78, 5) is 0. The number of hydrogen-bond acceptors (Lipinski definition) is 1. The average Bonchev–Trinajstić information content (AvgIpc) is 0.811. The minimum Gasteiger partial charge on any atom is 0 e. The van der Waals surface area contributed by atoms with Crippen LogP contribution in [0.3, 0.4) is 0 Å². The molecule has 0 rings (SSSR count). The van der Waals surface area contributed by atoms with Crippen LogP contribution in [0, 0.1) is 37.3 Å². The summed E-state index contributed by atoms with van der Waals surface area (Å²) >= 11 is -3.61. The van der Waals surface area contributed by atoms with Gasteiger partial charge in [0.05, 0.1) is 0 Å². The van der Waals surface area contributed by atoms with Gasteiger partial charge in [-0.25, -0.2) is 0 Å². The van der Waals surface area contributed by atoms with Gasteiger partial charge in [-0.3, -0.25) is 0 Å². The zero-order chi connectivity index (χ0) is 3.58. The fourth-order valence-electron chi connectivity index (χ4n) is 0. The second kappa shape index (κ2) is 5.76. The Labute approximate surface area is 66.7 Å². The molecule has 5 heteroatoms. The van der Waals surface area contributed by atoms with E-state index in [4.69, 9.17) is 10.0 Å². The van der Waals surface area contributed by atoms with Crippen molar-refractivity contribution in [2.75, 3.05) is 0 Å². The van der Waals surface area contributed by atoms with Gasteiger partial charge >= 0.3 is 30.4 Å². The van der Waals surface area contributed by atoms with E-state index in [-0.39, 0.29) is 37.3 Å². The number of hydrogen-bond donors (Lipinski definition) is 2. The number of rotatable bonds is 0. The Bertz CT molecular complexity index is 29.9. The standard InChI is InChI=1S/Er.H2O3Te/c;1-4(2)3/h;(H2,1,2,3). The first-order chi connectivity index (χ1) is 1.73. The van der Waals surface area contributed by atoms with Gasteiger partial charge in [0.25, 0.3) is 0 Å². The van der Waals surface area contributed by atoms with Crippen molar-refractivity contribution in [3.63, 3.8) is 0 Å². The van der Waals surface area contributed by atoms with E-state index in [0.717, 1.165) is 0 Å². The molecule has 38 valence electrons. The first-order valence-corrected chi connectivity index (χ1v) is 3.57. The maximum absolute atomic E-state index is 8.81. The summed E-state index contributed by atoms with van der Waals surface area (Å²) in [5.74, 6) is 0. The summed E-state index contributed by atoms with van der Waals surface area (Å²) in [6, 6.07) is 0. The molecule has 0 aliphatic heterocycles. The van der Waals surface area contributed by atoms with Gasteiger partial charge in [0.1, 0.15) is 0 Å². The molecule has 0 aliphatic carbocycles. The predicted molar refractivity (Wildman–Crippen MR) is 10.9 cm³/mol. The van der Waals surface area contributed by atoms with Gasteiger partial charge in [-0.15, -0.1) is 0 Å². The first-order valence-electron chi connectivity index (χ1n) is 0.532. The van der Waals surface area contributed by atoms with Crippen LogP contribution in [-0.2, 0) is 3.10 Å². The third kappa shape index (κ3) is 26.3. The Kier molecular flexibility index (Phi) is 11.4. The third-order valence-electron chi connectivity index (χ3n) is 0. The zero-order valence-electron chi connectivity index (χ0n) is 2.00. The van der Waals surface area contributed by atoms with Gasteiger partial charge in [0, 0.05) is 37.3 Å². The largest absolute Gasteiger partial charge is 0 e. The van der Waals surface area contributed by atoms with E-state index < -0.39 is 20.4 Å². The fourth-order valence-corrected chi connectivity index (χ4v) is 0. The van der Waals surface area contributed by atoms with Gasteiger partial charge in [-0.2, -0.15) is 0 Å². The van der Waals surface area contributed by atoms with Crippen LogP contribution in [0.1, 0.15) is 0 Å². The van der Waals surface area contributed by atoms with Crippen LogP contribution in [0.5, 0.6) is 0 Å². The van der Waals surface area contributed by atoms with Crippen LogP contribution in [0.2, 0.25) is 0 Å². The van der Waals surface area contributed by atoms with Gasteiger partial charge in [0.2, 0.25) is 0 Å². The molecule has 0 atom stereocenters. The van der Waals surface area contributed by atoms with E-state index in [1.165, 1.54) is 0 Å². The average molecular weight is 345 g/mol. The molecular weight excluding hydrogens is 343 g/mol. The Hall–Kier alpha value is 1.76. The molecule has 0 spiro atoms. The molecule has 0 fully saturated rings. The van der Waals surface area contributed by atoms with Crippen molar-refractivity contribution < 1.29 is 47.4 Å². The summed E-state index contributed by atoms with van der Waals surface area (Å²) in [6.07, 6.45) is 0. The summed E-state index contributed by atoms with van der Waals surface area (Å²) in [5, 5.41) is 0. The van der Waals surface area contributed by atoms with Crippen molar-refractivity contribution in [3.8, 4) is 0 Å². The molecule has 0 aliphatic rings. The Morgan fingerprint density at radius 3 is 1.40 bits per heavy atom. The summed E-state index contributed by atoms with van der Waals surface area (Å²) in [7, 11) is 0. The van der Waals surface area contributed by atoms with Crippen molar-refractivity contribution >= 4 is 20.4 Å². The van der Waals surface area contributed by atoms with Gasteiger partial charge in [-0.05, 0) is 0 Å². The van der Waals surface area contributed by atoms with Gasteiger partial charge < -0.3 is 0 Å². The molecule has 0 amide bonds. The summed E-state index contributed by atoms with van der Waals surface area (Å²) < 4.78 is 23.3. The molecule has 0 unspecified atom stereocenters.